The molecular weight excluding hydrogens is 254 g/mol. The van der Waals surface area contributed by atoms with Gasteiger partial charge in [0.05, 0.1) is 23.9 Å². The highest BCUT2D eigenvalue weighted by molar-refractivity contribution is 5.05. The molecule has 1 N–H and O–H groups in total. The fourth-order valence-electron chi connectivity index (χ4n) is 2.83. The van der Waals surface area contributed by atoms with Crippen molar-refractivity contribution in [3.8, 4) is 0 Å². The van der Waals surface area contributed by atoms with Crippen LogP contribution >= 0.6 is 0 Å². The Morgan fingerprint density at radius 1 is 1.50 bits per heavy atom. The number of hydrogen-bond donors (Lipinski definition) is 1. The Kier molecular flexibility index (Phi) is 5.18. The number of nitrogens with zero attached hydrogens (tertiary/aromatic N) is 2. The van der Waals surface area contributed by atoms with Gasteiger partial charge in [0.1, 0.15) is 0 Å². The minimum absolute atomic E-state index is 0.0940. The first kappa shape index (κ1) is 15.5. The minimum atomic E-state index is -0.0940. The second-order valence-corrected chi connectivity index (χ2v) is 6.32. The van der Waals surface area contributed by atoms with Gasteiger partial charge in [-0.3, -0.25) is 4.90 Å². The third-order valence-corrected chi connectivity index (χ3v) is 3.36. The SMILES string of the molecule is CCCNCc1cc(CN2CC(C)OC(C)(C)C2)on1. The Balaban J connectivity index is 1.86. The standard InChI is InChI=1S/C15H27N3O2/c1-5-6-16-8-13-7-14(20-17-13)10-18-9-12(2)19-15(3,4)11-18/h7,12,16H,5-6,8-11H2,1-4H3. The van der Waals surface area contributed by atoms with Crippen LogP contribution < -0.4 is 5.32 Å². The van der Waals surface area contributed by atoms with Crippen molar-refractivity contribution in [2.24, 2.45) is 0 Å². The van der Waals surface area contributed by atoms with Crippen molar-refractivity contribution in [1.29, 1.82) is 0 Å². The molecule has 1 saturated heterocycles. The molecule has 1 unspecified atom stereocenters. The maximum atomic E-state index is 5.91. The van der Waals surface area contributed by atoms with Crippen LogP contribution in [0.3, 0.4) is 0 Å². The zero-order valence-electron chi connectivity index (χ0n) is 13.1. The number of nitrogens with one attached hydrogen (secondary N) is 1. The van der Waals surface area contributed by atoms with Gasteiger partial charge >= 0.3 is 0 Å². The lowest BCUT2D eigenvalue weighted by Gasteiger charge is -2.41. The predicted molar refractivity (Wildman–Crippen MR) is 78.4 cm³/mol. The maximum Gasteiger partial charge on any atom is 0.151 e. The average molecular weight is 281 g/mol. The zero-order valence-corrected chi connectivity index (χ0v) is 13.1. The second kappa shape index (κ2) is 6.70. The maximum absolute atomic E-state index is 5.91. The molecular formula is C15H27N3O2. The monoisotopic (exact) mass is 281 g/mol. The van der Waals surface area contributed by atoms with Crippen molar-refractivity contribution in [2.45, 2.75) is 58.9 Å². The highest BCUT2D eigenvalue weighted by Crippen LogP contribution is 2.22. The second-order valence-electron chi connectivity index (χ2n) is 6.32. The molecule has 1 aromatic rings. The van der Waals surface area contributed by atoms with Crippen LogP contribution in [0.2, 0.25) is 0 Å². The van der Waals surface area contributed by atoms with Gasteiger partial charge in [-0.05, 0) is 33.7 Å². The molecule has 20 heavy (non-hydrogen) atoms. The van der Waals surface area contributed by atoms with Crippen LogP contribution in [0.5, 0.6) is 0 Å². The molecule has 0 amide bonds. The van der Waals surface area contributed by atoms with Crippen molar-refractivity contribution in [3.05, 3.63) is 17.5 Å². The van der Waals surface area contributed by atoms with Crippen LogP contribution in [0.15, 0.2) is 10.6 Å². The van der Waals surface area contributed by atoms with Crippen LogP contribution in [0.25, 0.3) is 0 Å². The van der Waals surface area contributed by atoms with E-state index in [1.165, 1.54) is 0 Å². The lowest BCUT2D eigenvalue weighted by atomic mass is 10.1. The van der Waals surface area contributed by atoms with Crippen molar-refractivity contribution < 1.29 is 9.26 Å². The number of aromatic nitrogens is 1. The first-order valence-corrected chi connectivity index (χ1v) is 7.54. The molecule has 0 bridgehead atoms. The first-order chi connectivity index (χ1) is 9.48. The summed E-state index contributed by atoms with van der Waals surface area (Å²) in [7, 11) is 0. The average Bonchev–Trinajstić information content (AvgIpc) is 2.74. The summed E-state index contributed by atoms with van der Waals surface area (Å²) in [5.74, 6) is 0.934. The van der Waals surface area contributed by atoms with Crippen LogP contribution in [-0.4, -0.2) is 41.4 Å². The van der Waals surface area contributed by atoms with Gasteiger partial charge < -0.3 is 14.6 Å². The third kappa shape index (κ3) is 4.58. The number of rotatable bonds is 6. The molecule has 0 saturated carbocycles. The van der Waals surface area contributed by atoms with Crippen molar-refractivity contribution in [1.82, 2.24) is 15.4 Å². The summed E-state index contributed by atoms with van der Waals surface area (Å²) in [6.07, 6.45) is 1.39. The van der Waals surface area contributed by atoms with E-state index in [1.54, 1.807) is 0 Å². The molecule has 114 valence electrons. The molecule has 0 aliphatic carbocycles. The van der Waals surface area contributed by atoms with Crippen LogP contribution in [0, 0.1) is 0 Å². The van der Waals surface area contributed by atoms with E-state index in [0.29, 0.717) is 0 Å². The van der Waals surface area contributed by atoms with Crippen LogP contribution in [0.4, 0.5) is 0 Å². The molecule has 1 atom stereocenters. The van der Waals surface area contributed by atoms with Crippen molar-refractivity contribution in [2.75, 3.05) is 19.6 Å². The van der Waals surface area contributed by atoms with E-state index in [1.807, 2.05) is 0 Å². The predicted octanol–water partition coefficient (Wildman–Crippen LogP) is 2.17. The van der Waals surface area contributed by atoms with Gasteiger partial charge in [0.15, 0.2) is 5.76 Å². The Bertz CT molecular complexity index is 417. The molecule has 1 fully saturated rings. The fourth-order valence-corrected chi connectivity index (χ4v) is 2.83. The van der Waals surface area contributed by atoms with E-state index in [0.717, 1.165) is 50.6 Å². The Labute approximate surface area is 121 Å². The van der Waals surface area contributed by atoms with Crippen molar-refractivity contribution in [3.63, 3.8) is 0 Å². The van der Waals surface area contributed by atoms with E-state index in [-0.39, 0.29) is 11.7 Å². The van der Waals surface area contributed by atoms with Crippen LogP contribution in [0.1, 0.15) is 45.6 Å². The minimum Gasteiger partial charge on any atom is -0.370 e. The van der Waals surface area contributed by atoms with E-state index in [9.17, 15) is 0 Å². The summed E-state index contributed by atoms with van der Waals surface area (Å²) in [5, 5.41) is 7.45. The Morgan fingerprint density at radius 3 is 3.00 bits per heavy atom. The van der Waals surface area contributed by atoms with E-state index < -0.39 is 0 Å². The topological polar surface area (TPSA) is 50.5 Å². The summed E-state index contributed by atoms with van der Waals surface area (Å²) in [4.78, 5) is 2.37. The summed E-state index contributed by atoms with van der Waals surface area (Å²) in [5.41, 5.74) is 0.887. The summed E-state index contributed by atoms with van der Waals surface area (Å²) in [6.45, 7) is 13.0. The van der Waals surface area contributed by atoms with Crippen LogP contribution in [-0.2, 0) is 17.8 Å². The summed E-state index contributed by atoms with van der Waals surface area (Å²) < 4.78 is 11.3. The molecule has 0 radical (unpaired) electrons. The number of ether oxygens (including phenoxy) is 1. The highest BCUT2D eigenvalue weighted by Gasteiger charge is 2.31. The molecule has 1 aliphatic heterocycles. The number of morpholine rings is 1. The van der Waals surface area contributed by atoms with Gasteiger partial charge in [-0.1, -0.05) is 12.1 Å². The molecule has 5 nitrogen and oxygen atoms in total. The molecule has 2 heterocycles. The Hall–Kier alpha value is -0.910. The van der Waals surface area contributed by atoms with Crippen molar-refractivity contribution >= 4 is 0 Å². The smallest absolute Gasteiger partial charge is 0.151 e. The van der Waals surface area contributed by atoms with E-state index in [4.69, 9.17) is 9.26 Å². The lowest BCUT2D eigenvalue weighted by molar-refractivity contribution is -0.131. The normalized spacial score (nSPS) is 23.1. The first-order valence-electron chi connectivity index (χ1n) is 7.54. The molecule has 0 aromatic carbocycles. The zero-order chi connectivity index (χ0) is 14.6. The highest BCUT2D eigenvalue weighted by atomic mass is 16.5. The van der Waals surface area contributed by atoms with Gasteiger partial charge in [-0.25, -0.2) is 0 Å². The van der Waals surface area contributed by atoms with Gasteiger partial charge in [0, 0.05) is 25.7 Å². The van der Waals surface area contributed by atoms with Gasteiger partial charge in [0.2, 0.25) is 0 Å². The van der Waals surface area contributed by atoms with Gasteiger partial charge in [-0.2, -0.15) is 0 Å². The molecule has 1 aliphatic rings. The summed E-state index contributed by atoms with van der Waals surface area (Å²) in [6, 6.07) is 2.05. The molecule has 0 spiro atoms. The number of hydrogen-bond acceptors (Lipinski definition) is 5. The summed E-state index contributed by atoms with van der Waals surface area (Å²) >= 11 is 0. The fraction of sp³-hybridized carbons (Fsp3) is 0.800. The van der Waals surface area contributed by atoms with Gasteiger partial charge in [0.25, 0.3) is 0 Å². The van der Waals surface area contributed by atoms with Gasteiger partial charge in [-0.15, -0.1) is 0 Å². The lowest BCUT2D eigenvalue weighted by Crippen LogP contribution is -2.51. The largest absolute Gasteiger partial charge is 0.370 e. The molecule has 2 rings (SSSR count). The van der Waals surface area contributed by atoms with E-state index in [2.05, 4.69) is 49.1 Å². The molecule has 1 aromatic heterocycles. The third-order valence-electron chi connectivity index (χ3n) is 3.36. The quantitative estimate of drug-likeness (QED) is 0.810. The Morgan fingerprint density at radius 2 is 2.30 bits per heavy atom. The van der Waals surface area contributed by atoms with E-state index >= 15 is 0 Å². The molecule has 5 heteroatoms.